The van der Waals surface area contributed by atoms with Gasteiger partial charge in [-0.1, -0.05) is 11.6 Å². The maximum absolute atomic E-state index is 12.6. The number of carbonyl (C=O) groups is 2. The summed E-state index contributed by atoms with van der Waals surface area (Å²) < 4.78 is 0. The maximum Gasteiger partial charge on any atom is 0.320 e. The van der Waals surface area contributed by atoms with Gasteiger partial charge in [0.05, 0.1) is 0 Å². The van der Waals surface area contributed by atoms with Gasteiger partial charge < -0.3 is 14.9 Å². The number of hydrogen-bond donors (Lipinski definition) is 1. The number of urea groups is 1. The molecule has 0 spiro atoms. The summed E-state index contributed by atoms with van der Waals surface area (Å²) >= 11 is 0. The topological polar surface area (TPSA) is 60.9 Å². The minimum atomic E-state index is -0.778. The standard InChI is InChI=1S/C15H24N2O3/c1-12-7-10-16(11-8-12)15(20)17-9-3-2-4-13(17)5-6-14(18)19/h7,13H,2-6,8-11H2,1H3,(H,18,19). The molecule has 2 heterocycles. The molecule has 0 aromatic heterocycles. The zero-order valence-electron chi connectivity index (χ0n) is 12.2. The SMILES string of the molecule is CC1=CCN(C(=O)N2CCCCC2CCC(=O)O)CC1. The van der Waals surface area contributed by atoms with Gasteiger partial charge in [-0.25, -0.2) is 4.79 Å². The van der Waals surface area contributed by atoms with Gasteiger partial charge in [0, 0.05) is 32.1 Å². The highest BCUT2D eigenvalue weighted by Crippen LogP contribution is 2.23. The van der Waals surface area contributed by atoms with Crippen molar-refractivity contribution in [3.8, 4) is 0 Å². The van der Waals surface area contributed by atoms with Crippen molar-refractivity contribution in [1.82, 2.24) is 9.80 Å². The van der Waals surface area contributed by atoms with Gasteiger partial charge in [-0.2, -0.15) is 0 Å². The highest BCUT2D eigenvalue weighted by Gasteiger charge is 2.30. The van der Waals surface area contributed by atoms with Crippen LogP contribution in [0.25, 0.3) is 0 Å². The molecule has 0 aromatic rings. The van der Waals surface area contributed by atoms with E-state index in [1.807, 2.05) is 9.80 Å². The van der Waals surface area contributed by atoms with Gasteiger partial charge in [0.15, 0.2) is 0 Å². The lowest BCUT2D eigenvalue weighted by Gasteiger charge is -2.39. The zero-order chi connectivity index (χ0) is 14.5. The summed E-state index contributed by atoms with van der Waals surface area (Å²) in [6, 6.07) is 0.184. The van der Waals surface area contributed by atoms with Crippen molar-refractivity contribution in [3.63, 3.8) is 0 Å². The first kappa shape index (κ1) is 14.9. The van der Waals surface area contributed by atoms with Crippen LogP contribution in [-0.4, -0.2) is 52.6 Å². The molecule has 1 atom stereocenters. The lowest BCUT2D eigenvalue weighted by atomic mass is 9.98. The van der Waals surface area contributed by atoms with E-state index in [9.17, 15) is 9.59 Å². The summed E-state index contributed by atoms with van der Waals surface area (Å²) in [6.07, 6.45) is 6.82. The third-order valence-corrected chi connectivity index (χ3v) is 4.27. The van der Waals surface area contributed by atoms with Gasteiger partial charge in [-0.3, -0.25) is 4.79 Å². The van der Waals surface area contributed by atoms with Gasteiger partial charge >= 0.3 is 12.0 Å². The summed E-state index contributed by atoms with van der Waals surface area (Å²) in [6.45, 7) is 4.33. The van der Waals surface area contributed by atoms with E-state index < -0.39 is 5.97 Å². The Bertz CT molecular complexity index is 406. The molecular weight excluding hydrogens is 256 g/mol. The molecule has 2 amide bonds. The molecular formula is C15H24N2O3. The Morgan fingerprint density at radius 2 is 2.15 bits per heavy atom. The number of piperidine rings is 1. The molecule has 0 aromatic carbocycles. The average Bonchev–Trinajstić information content (AvgIpc) is 2.45. The van der Waals surface area contributed by atoms with Crippen LogP contribution >= 0.6 is 0 Å². The molecule has 1 unspecified atom stereocenters. The van der Waals surface area contributed by atoms with Crippen LogP contribution in [0.2, 0.25) is 0 Å². The van der Waals surface area contributed by atoms with Crippen molar-refractivity contribution < 1.29 is 14.7 Å². The Hall–Kier alpha value is -1.52. The molecule has 1 saturated heterocycles. The first-order valence-electron chi connectivity index (χ1n) is 7.51. The fourth-order valence-electron chi connectivity index (χ4n) is 2.97. The first-order chi connectivity index (χ1) is 9.58. The molecule has 2 aliphatic rings. The molecule has 2 rings (SSSR count). The van der Waals surface area contributed by atoms with Crippen LogP contribution in [0.15, 0.2) is 11.6 Å². The number of amides is 2. The van der Waals surface area contributed by atoms with Crippen molar-refractivity contribution in [1.29, 1.82) is 0 Å². The number of likely N-dealkylation sites (tertiary alicyclic amines) is 1. The van der Waals surface area contributed by atoms with Crippen LogP contribution in [0.5, 0.6) is 0 Å². The third-order valence-electron chi connectivity index (χ3n) is 4.27. The molecule has 0 bridgehead atoms. The maximum atomic E-state index is 12.6. The van der Waals surface area contributed by atoms with E-state index in [0.717, 1.165) is 38.8 Å². The fourth-order valence-corrected chi connectivity index (χ4v) is 2.97. The van der Waals surface area contributed by atoms with Crippen molar-refractivity contribution in [2.45, 2.75) is 51.5 Å². The van der Waals surface area contributed by atoms with E-state index in [2.05, 4.69) is 13.0 Å². The smallest absolute Gasteiger partial charge is 0.320 e. The van der Waals surface area contributed by atoms with E-state index >= 15 is 0 Å². The number of rotatable bonds is 3. The monoisotopic (exact) mass is 280 g/mol. The minimum Gasteiger partial charge on any atom is -0.481 e. The van der Waals surface area contributed by atoms with E-state index in [4.69, 9.17) is 5.11 Å². The highest BCUT2D eigenvalue weighted by molar-refractivity contribution is 5.75. The molecule has 0 radical (unpaired) electrons. The number of aliphatic carboxylic acids is 1. The minimum absolute atomic E-state index is 0.0869. The van der Waals surface area contributed by atoms with E-state index in [-0.39, 0.29) is 18.5 Å². The zero-order valence-corrected chi connectivity index (χ0v) is 12.2. The van der Waals surface area contributed by atoms with Gasteiger partial charge in [-0.05, 0) is 39.0 Å². The lowest BCUT2D eigenvalue weighted by Crippen LogP contribution is -2.51. The number of carboxylic acids is 1. The van der Waals surface area contributed by atoms with Gasteiger partial charge in [0.25, 0.3) is 0 Å². The van der Waals surface area contributed by atoms with Crippen LogP contribution in [-0.2, 0) is 4.79 Å². The Balaban J connectivity index is 1.96. The number of nitrogens with zero attached hydrogens (tertiary/aromatic N) is 2. The number of hydrogen-bond acceptors (Lipinski definition) is 2. The van der Waals surface area contributed by atoms with Crippen LogP contribution in [0.4, 0.5) is 4.79 Å². The van der Waals surface area contributed by atoms with Crippen molar-refractivity contribution >= 4 is 12.0 Å². The summed E-state index contributed by atoms with van der Waals surface area (Å²) in [5, 5.41) is 8.83. The Morgan fingerprint density at radius 3 is 2.80 bits per heavy atom. The first-order valence-corrected chi connectivity index (χ1v) is 7.51. The van der Waals surface area contributed by atoms with Crippen molar-refractivity contribution in [3.05, 3.63) is 11.6 Å². The predicted octanol–water partition coefficient (Wildman–Crippen LogP) is 2.48. The quantitative estimate of drug-likeness (QED) is 0.808. The van der Waals surface area contributed by atoms with Crippen molar-refractivity contribution in [2.24, 2.45) is 0 Å². The van der Waals surface area contributed by atoms with Crippen LogP contribution in [0, 0.1) is 0 Å². The summed E-state index contributed by atoms with van der Waals surface area (Å²) in [5.41, 5.74) is 1.34. The van der Waals surface area contributed by atoms with Crippen molar-refractivity contribution in [2.75, 3.05) is 19.6 Å². The molecule has 5 heteroatoms. The third kappa shape index (κ3) is 3.74. The highest BCUT2D eigenvalue weighted by atomic mass is 16.4. The molecule has 20 heavy (non-hydrogen) atoms. The van der Waals surface area contributed by atoms with Gasteiger partial charge in [-0.15, -0.1) is 0 Å². The molecule has 5 nitrogen and oxygen atoms in total. The largest absolute Gasteiger partial charge is 0.481 e. The Kier molecular flexibility index (Phi) is 5.04. The summed E-state index contributed by atoms with van der Waals surface area (Å²) in [7, 11) is 0. The van der Waals surface area contributed by atoms with Crippen LogP contribution < -0.4 is 0 Å². The van der Waals surface area contributed by atoms with E-state index in [1.54, 1.807) is 0 Å². The average molecular weight is 280 g/mol. The molecule has 0 aliphatic carbocycles. The molecule has 112 valence electrons. The predicted molar refractivity (Wildman–Crippen MR) is 76.6 cm³/mol. The normalized spacial score (nSPS) is 23.4. The summed E-state index contributed by atoms with van der Waals surface area (Å²) in [4.78, 5) is 27.1. The van der Waals surface area contributed by atoms with Gasteiger partial charge in [0.2, 0.25) is 0 Å². The second-order valence-electron chi connectivity index (χ2n) is 5.80. The van der Waals surface area contributed by atoms with Crippen LogP contribution in [0.1, 0.15) is 45.4 Å². The Morgan fingerprint density at radius 1 is 1.35 bits per heavy atom. The fraction of sp³-hybridized carbons (Fsp3) is 0.733. The van der Waals surface area contributed by atoms with E-state index in [1.165, 1.54) is 5.57 Å². The van der Waals surface area contributed by atoms with Gasteiger partial charge in [0.1, 0.15) is 0 Å². The molecule has 1 fully saturated rings. The lowest BCUT2D eigenvalue weighted by molar-refractivity contribution is -0.137. The second kappa shape index (κ2) is 6.77. The Labute approximate surface area is 120 Å². The number of carboxylic acid groups (broad SMARTS) is 1. The van der Waals surface area contributed by atoms with E-state index in [0.29, 0.717) is 13.0 Å². The molecule has 2 aliphatic heterocycles. The molecule has 1 N–H and O–H groups in total. The summed E-state index contributed by atoms with van der Waals surface area (Å²) in [5.74, 6) is -0.778. The second-order valence-corrected chi connectivity index (χ2v) is 5.80. The molecule has 0 saturated carbocycles. The van der Waals surface area contributed by atoms with Crippen LogP contribution in [0.3, 0.4) is 0 Å². The number of carbonyl (C=O) groups excluding carboxylic acids is 1.